The largest absolute Gasteiger partial charge is 0.493 e. The van der Waals surface area contributed by atoms with E-state index in [0.29, 0.717) is 28.7 Å². The first-order valence-electron chi connectivity index (χ1n) is 10.8. The van der Waals surface area contributed by atoms with E-state index in [1.165, 1.54) is 29.7 Å². The molecule has 0 radical (unpaired) electrons. The number of halogens is 1. The molecule has 11 heteroatoms. The van der Waals surface area contributed by atoms with Crippen molar-refractivity contribution in [3.8, 4) is 28.7 Å². The minimum Gasteiger partial charge on any atom is -0.493 e. The second-order valence-electron chi connectivity index (χ2n) is 8.18. The maximum Gasteiger partial charge on any atom is 0.369 e. The molecule has 0 N–H and O–H groups in total. The van der Waals surface area contributed by atoms with Gasteiger partial charge in [0, 0.05) is 11.8 Å². The van der Waals surface area contributed by atoms with Crippen molar-refractivity contribution in [2.75, 3.05) is 41.5 Å². The van der Waals surface area contributed by atoms with E-state index in [9.17, 15) is 9.59 Å². The van der Waals surface area contributed by atoms with Crippen LogP contribution in [0.4, 0.5) is 4.79 Å². The molecule has 2 heterocycles. The van der Waals surface area contributed by atoms with Crippen LogP contribution in [-0.4, -0.2) is 51.5 Å². The topological polar surface area (TPSA) is 108 Å². The zero-order valence-corrected chi connectivity index (χ0v) is 21.4. The molecule has 0 spiro atoms. The standard InChI is InChI=1S/C24H23IO10/c1-28-17-4-11(5-18(29-2)22(17)30-3)19-12-6-15-16(33-9-32-15)7-13(12)21(34-10-35-24(25)27)14-8-31-23(26)20(14)19/h4-7,14,19-21H,8-10H2,1-3H3/t14-,19+,20-,21-/m0/s1. The van der Waals surface area contributed by atoms with Crippen molar-refractivity contribution >= 4 is 32.5 Å². The Morgan fingerprint density at radius 3 is 2.23 bits per heavy atom. The molecule has 5 rings (SSSR count). The lowest BCUT2D eigenvalue weighted by Crippen LogP contribution is -2.36. The van der Waals surface area contributed by atoms with Crippen LogP contribution in [-0.2, 0) is 19.0 Å². The van der Waals surface area contributed by atoms with Gasteiger partial charge in [-0.25, -0.2) is 4.79 Å². The summed E-state index contributed by atoms with van der Waals surface area (Å²) in [5, 5.41) is 0. The Bertz CT molecular complexity index is 1140. The van der Waals surface area contributed by atoms with Crippen molar-refractivity contribution in [3.63, 3.8) is 0 Å². The van der Waals surface area contributed by atoms with Gasteiger partial charge in [0.25, 0.3) is 0 Å². The molecule has 1 fully saturated rings. The summed E-state index contributed by atoms with van der Waals surface area (Å²) in [6.07, 6.45) is -0.565. The van der Waals surface area contributed by atoms with Gasteiger partial charge in [0.15, 0.2) is 29.8 Å². The molecule has 10 nitrogen and oxygen atoms in total. The highest BCUT2D eigenvalue weighted by Gasteiger charge is 2.53. The number of fused-ring (bicyclic) bond motifs is 3. The molecule has 2 aliphatic heterocycles. The minimum absolute atomic E-state index is 0.0972. The lowest BCUT2D eigenvalue weighted by Gasteiger charge is -2.38. The number of hydrogen-bond acceptors (Lipinski definition) is 10. The number of carbonyl (C=O) groups is 2. The summed E-state index contributed by atoms with van der Waals surface area (Å²) in [5.41, 5.74) is 2.40. The second-order valence-corrected chi connectivity index (χ2v) is 9.06. The Labute approximate surface area is 214 Å². The van der Waals surface area contributed by atoms with E-state index in [1.807, 2.05) is 24.3 Å². The van der Waals surface area contributed by atoms with Crippen LogP contribution in [0.15, 0.2) is 24.3 Å². The quantitative estimate of drug-likeness (QED) is 0.201. The van der Waals surface area contributed by atoms with Crippen LogP contribution in [0.5, 0.6) is 28.7 Å². The number of rotatable bonds is 7. The van der Waals surface area contributed by atoms with Crippen molar-refractivity contribution in [3.05, 3.63) is 41.0 Å². The number of esters is 1. The fourth-order valence-electron chi connectivity index (χ4n) is 5.16. The highest BCUT2D eigenvalue weighted by molar-refractivity contribution is 14.1. The first kappa shape index (κ1) is 23.8. The van der Waals surface area contributed by atoms with Crippen molar-refractivity contribution in [1.29, 1.82) is 0 Å². The van der Waals surface area contributed by atoms with Gasteiger partial charge in [0.05, 0.1) is 62.5 Å². The highest BCUT2D eigenvalue weighted by atomic mass is 127. The lowest BCUT2D eigenvalue weighted by atomic mass is 9.66. The number of ether oxygens (including phenoxy) is 8. The van der Waals surface area contributed by atoms with E-state index in [1.54, 1.807) is 14.2 Å². The average Bonchev–Trinajstić information content (AvgIpc) is 3.47. The summed E-state index contributed by atoms with van der Waals surface area (Å²) in [5.74, 6) is 0.903. The number of methoxy groups -OCH3 is 3. The molecule has 2 aromatic carbocycles. The van der Waals surface area contributed by atoms with E-state index >= 15 is 0 Å². The second kappa shape index (κ2) is 9.61. The van der Waals surface area contributed by atoms with Gasteiger partial charge in [-0.15, -0.1) is 0 Å². The molecule has 0 unspecified atom stereocenters. The summed E-state index contributed by atoms with van der Waals surface area (Å²) < 4.78 is 43.9. The van der Waals surface area contributed by atoms with Gasteiger partial charge in [0.1, 0.15) is 0 Å². The summed E-state index contributed by atoms with van der Waals surface area (Å²) in [6, 6.07) is 7.40. The molecule has 186 valence electrons. The Morgan fingerprint density at radius 2 is 1.63 bits per heavy atom. The van der Waals surface area contributed by atoms with E-state index in [4.69, 9.17) is 37.9 Å². The Balaban J connectivity index is 1.68. The maximum absolute atomic E-state index is 13.1. The molecule has 0 amide bonds. The Morgan fingerprint density at radius 1 is 0.971 bits per heavy atom. The van der Waals surface area contributed by atoms with Crippen LogP contribution in [0.2, 0.25) is 0 Å². The van der Waals surface area contributed by atoms with Gasteiger partial charge >= 0.3 is 9.95 Å². The first-order chi connectivity index (χ1) is 17.0. The van der Waals surface area contributed by atoms with Crippen molar-refractivity contribution in [2.45, 2.75) is 12.0 Å². The molecular weight excluding hydrogens is 575 g/mol. The molecule has 1 aliphatic carbocycles. The van der Waals surface area contributed by atoms with Gasteiger partial charge in [-0.05, 0) is 41.0 Å². The monoisotopic (exact) mass is 598 g/mol. The Kier molecular flexibility index (Phi) is 6.53. The van der Waals surface area contributed by atoms with E-state index in [0.717, 1.165) is 16.7 Å². The van der Waals surface area contributed by atoms with Crippen LogP contribution in [0.1, 0.15) is 28.7 Å². The number of carbonyl (C=O) groups excluding carboxylic acids is 2. The molecule has 0 bridgehead atoms. The molecule has 3 aliphatic rings. The van der Waals surface area contributed by atoms with Crippen LogP contribution in [0.25, 0.3) is 0 Å². The molecule has 2 aromatic rings. The summed E-state index contributed by atoms with van der Waals surface area (Å²) in [4.78, 5) is 24.4. The van der Waals surface area contributed by atoms with Crippen LogP contribution in [0.3, 0.4) is 0 Å². The maximum atomic E-state index is 13.1. The van der Waals surface area contributed by atoms with Gasteiger partial charge in [-0.3, -0.25) is 4.79 Å². The van der Waals surface area contributed by atoms with Crippen molar-refractivity contribution in [2.24, 2.45) is 11.8 Å². The molecular formula is C24H23IO10. The van der Waals surface area contributed by atoms with Gasteiger partial charge in [0.2, 0.25) is 12.5 Å². The molecule has 1 saturated heterocycles. The Hall–Kier alpha value is -2.93. The van der Waals surface area contributed by atoms with Crippen LogP contribution >= 0.6 is 22.6 Å². The molecule has 0 saturated carbocycles. The summed E-state index contributed by atoms with van der Waals surface area (Å²) in [7, 11) is 4.61. The van der Waals surface area contributed by atoms with Gasteiger partial charge in [-0.1, -0.05) is 0 Å². The fraction of sp³-hybridized carbons (Fsp3) is 0.417. The molecule has 0 aromatic heterocycles. The predicted molar refractivity (Wildman–Crippen MR) is 128 cm³/mol. The van der Waals surface area contributed by atoms with Crippen LogP contribution < -0.4 is 23.7 Å². The zero-order chi connectivity index (χ0) is 24.7. The normalized spacial score (nSPS) is 23.7. The summed E-state index contributed by atoms with van der Waals surface area (Å²) in [6.45, 7) is 0.00762. The minimum atomic E-state index is -0.565. The lowest BCUT2D eigenvalue weighted by molar-refractivity contribution is -0.142. The SMILES string of the molecule is COc1cc([C@@H]2c3cc4c(cc3[C@H](OCOC(=O)I)[C@H]3COC(=O)[C@H]23)OCO4)cc(OC)c1OC. The highest BCUT2D eigenvalue weighted by Crippen LogP contribution is 2.56. The van der Waals surface area contributed by atoms with E-state index in [2.05, 4.69) is 0 Å². The first-order valence-corrected chi connectivity index (χ1v) is 11.9. The fourth-order valence-corrected chi connectivity index (χ4v) is 5.29. The van der Waals surface area contributed by atoms with Crippen LogP contribution in [0, 0.1) is 11.8 Å². The molecule has 4 atom stereocenters. The summed E-state index contributed by atoms with van der Waals surface area (Å²) >= 11 is 1.53. The number of cyclic esters (lactones) is 1. The van der Waals surface area contributed by atoms with Gasteiger partial charge in [-0.2, -0.15) is 0 Å². The number of hydrogen-bond donors (Lipinski definition) is 0. The van der Waals surface area contributed by atoms with Crippen molar-refractivity contribution < 1.29 is 47.5 Å². The third-order valence-corrected chi connectivity index (χ3v) is 6.90. The predicted octanol–water partition coefficient (Wildman–Crippen LogP) is 3.96. The smallest absolute Gasteiger partial charge is 0.369 e. The number of benzene rings is 2. The van der Waals surface area contributed by atoms with Gasteiger partial charge < -0.3 is 37.9 Å². The van der Waals surface area contributed by atoms with Crippen molar-refractivity contribution in [1.82, 2.24) is 0 Å². The molecule has 35 heavy (non-hydrogen) atoms. The third kappa shape index (κ3) is 4.10. The zero-order valence-electron chi connectivity index (χ0n) is 19.2. The third-order valence-electron chi connectivity index (χ3n) is 6.59. The average molecular weight is 598 g/mol. The van der Waals surface area contributed by atoms with E-state index < -0.39 is 21.9 Å². The van der Waals surface area contributed by atoms with E-state index in [-0.39, 0.29) is 32.1 Å².